The summed E-state index contributed by atoms with van der Waals surface area (Å²) >= 11 is 0. The fraction of sp³-hybridized carbons (Fsp3) is 0.300. The number of urea groups is 1. The smallest absolute Gasteiger partial charge is 0.321 e. The zero-order valence-electron chi connectivity index (χ0n) is 22.5. The molecule has 0 unspecified atom stereocenters. The van der Waals surface area contributed by atoms with E-state index < -0.39 is 11.7 Å². The molecule has 1 heterocycles. The number of hydrogen-bond donors (Lipinski definition) is 2. The lowest BCUT2D eigenvalue weighted by atomic mass is 10.1. The number of aryl methyl sites for hydroxylation is 1. The van der Waals surface area contributed by atoms with Gasteiger partial charge in [0.2, 0.25) is 0 Å². The lowest BCUT2D eigenvalue weighted by molar-refractivity contribution is 0.0773. The number of carbonyl (C=O) groups is 3. The van der Waals surface area contributed by atoms with Gasteiger partial charge in [-0.1, -0.05) is 23.8 Å². The minimum absolute atomic E-state index is 0.142. The molecule has 0 radical (unpaired) electrons. The molecule has 9 heteroatoms. The van der Waals surface area contributed by atoms with Crippen molar-refractivity contribution >= 4 is 34.9 Å². The number of amides is 4. The normalized spacial score (nSPS) is 13.1. The minimum Gasteiger partial charge on any atom is -0.367 e. The Morgan fingerprint density at radius 3 is 2.15 bits per heavy atom. The Balaban J connectivity index is 1.50. The van der Waals surface area contributed by atoms with Gasteiger partial charge >= 0.3 is 6.03 Å². The summed E-state index contributed by atoms with van der Waals surface area (Å²) in [5, 5.41) is 5.72. The molecule has 4 amide bonds. The fourth-order valence-electron chi connectivity index (χ4n) is 4.56. The molecule has 0 aliphatic carbocycles. The third kappa shape index (κ3) is 6.73. The monoisotopic (exact) mass is 531 g/mol. The number of carbonyl (C=O) groups excluding carboxylic acids is 3. The molecule has 1 fully saturated rings. The summed E-state index contributed by atoms with van der Waals surface area (Å²) in [5.74, 6) is -1.10. The number of rotatable bonds is 7. The van der Waals surface area contributed by atoms with Crippen LogP contribution in [0.3, 0.4) is 0 Å². The summed E-state index contributed by atoms with van der Waals surface area (Å²) < 4.78 is 13.6. The van der Waals surface area contributed by atoms with E-state index in [4.69, 9.17) is 0 Å². The van der Waals surface area contributed by atoms with Crippen LogP contribution in [0.5, 0.6) is 0 Å². The molecule has 0 spiro atoms. The average molecular weight is 532 g/mol. The first-order valence-electron chi connectivity index (χ1n) is 13.2. The van der Waals surface area contributed by atoms with Crippen LogP contribution in [0, 0.1) is 12.7 Å². The highest BCUT2D eigenvalue weighted by atomic mass is 19.1. The van der Waals surface area contributed by atoms with E-state index in [1.807, 2.05) is 51.1 Å². The van der Waals surface area contributed by atoms with Gasteiger partial charge in [-0.25, -0.2) is 9.18 Å². The van der Waals surface area contributed by atoms with Gasteiger partial charge in [-0.3, -0.25) is 9.59 Å². The highest BCUT2D eigenvalue weighted by Crippen LogP contribution is 2.28. The number of benzene rings is 3. The van der Waals surface area contributed by atoms with Gasteiger partial charge in [0.25, 0.3) is 11.8 Å². The van der Waals surface area contributed by atoms with E-state index in [0.29, 0.717) is 50.5 Å². The number of nitrogens with one attached hydrogen (secondary N) is 2. The third-order valence-electron chi connectivity index (χ3n) is 6.83. The quantitative estimate of drug-likeness (QED) is 0.438. The Kier molecular flexibility index (Phi) is 8.81. The van der Waals surface area contributed by atoms with Crippen molar-refractivity contribution in [3.05, 3.63) is 89.2 Å². The summed E-state index contributed by atoms with van der Waals surface area (Å²) in [6.07, 6.45) is 0. The molecule has 8 nitrogen and oxygen atoms in total. The lowest BCUT2D eigenvalue weighted by Gasteiger charge is -2.37. The minimum atomic E-state index is -0.498. The van der Waals surface area contributed by atoms with Crippen LogP contribution in [0.1, 0.15) is 40.1 Å². The predicted octanol–water partition coefficient (Wildman–Crippen LogP) is 5.22. The molecule has 0 atom stereocenters. The molecule has 204 valence electrons. The second kappa shape index (κ2) is 12.4. The molecule has 0 bridgehead atoms. The van der Waals surface area contributed by atoms with E-state index in [9.17, 15) is 18.8 Å². The molecule has 2 N–H and O–H groups in total. The fourth-order valence-corrected chi connectivity index (χ4v) is 4.56. The van der Waals surface area contributed by atoms with Gasteiger partial charge in [0.05, 0.1) is 5.56 Å². The van der Waals surface area contributed by atoms with Crippen LogP contribution < -0.4 is 15.5 Å². The maximum Gasteiger partial charge on any atom is 0.321 e. The second-order valence-corrected chi connectivity index (χ2v) is 9.44. The summed E-state index contributed by atoms with van der Waals surface area (Å²) in [4.78, 5) is 44.6. The Bertz CT molecular complexity index is 1330. The summed E-state index contributed by atoms with van der Waals surface area (Å²) in [6.45, 7) is 9.01. The number of hydrogen-bond acceptors (Lipinski definition) is 4. The van der Waals surface area contributed by atoms with E-state index >= 15 is 0 Å². The van der Waals surface area contributed by atoms with Crippen LogP contribution in [0.25, 0.3) is 0 Å². The van der Waals surface area contributed by atoms with Crippen LogP contribution in [0.2, 0.25) is 0 Å². The Hall–Kier alpha value is -4.40. The van der Waals surface area contributed by atoms with Gasteiger partial charge in [-0.2, -0.15) is 0 Å². The Morgan fingerprint density at radius 2 is 1.51 bits per heavy atom. The molecule has 0 aromatic heterocycles. The molecule has 3 aromatic rings. The van der Waals surface area contributed by atoms with E-state index in [-0.39, 0.29) is 17.5 Å². The topological polar surface area (TPSA) is 85.0 Å². The van der Waals surface area contributed by atoms with Crippen molar-refractivity contribution in [1.29, 1.82) is 0 Å². The van der Waals surface area contributed by atoms with Crippen LogP contribution >= 0.6 is 0 Å². The molecule has 39 heavy (non-hydrogen) atoms. The number of halogens is 1. The summed E-state index contributed by atoms with van der Waals surface area (Å²) in [6, 6.07) is 18.2. The zero-order chi connectivity index (χ0) is 27.9. The van der Waals surface area contributed by atoms with Crippen molar-refractivity contribution in [2.75, 3.05) is 54.8 Å². The number of anilines is 3. The van der Waals surface area contributed by atoms with E-state index in [0.717, 1.165) is 16.9 Å². The van der Waals surface area contributed by atoms with Gasteiger partial charge < -0.3 is 25.3 Å². The van der Waals surface area contributed by atoms with Crippen LogP contribution in [-0.2, 0) is 0 Å². The molecule has 4 rings (SSSR count). The first-order chi connectivity index (χ1) is 18.8. The highest BCUT2D eigenvalue weighted by Gasteiger charge is 2.26. The summed E-state index contributed by atoms with van der Waals surface area (Å²) in [7, 11) is 0. The standard InChI is InChI=1S/C30H34FN5O3/c1-4-34(5-2)29(38)26-20-25(32-28(37)22-7-6-8-23(31)19-22)13-14-27(26)35-15-17-36(18-16-35)30(39)33-24-11-9-21(3)10-12-24/h6-14,19-20H,4-5,15-18H2,1-3H3,(H,32,37)(H,33,39). The lowest BCUT2D eigenvalue weighted by Crippen LogP contribution is -2.50. The number of nitrogens with zero attached hydrogens (tertiary/aromatic N) is 3. The van der Waals surface area contributed by atoms with Crippen molar-refractivity contribution < 1.29 is 18.8 Å². The molecular weight excluding hydrogens is 497 g/mol. The highest BCUT2D eigenvalue weighted by molar-refractivity contribution is 6.06. The second-order valence-electron chi connectivity index (χ2n) is 9.44. The first-order valence-corrected chi connectivity index (χ1v) is 13.2. The van der Waals surface area contributed by atoms with Crippen molar-refractivity contribution in [3.63, 3.8) is 0 Å². The zero-order valence-corrected chi connectivity index (χ0v) is 22.5. The van der Waals surface area contributed by atoms with Crippen molar-refractivity contribution in [3.8, 4) is 0 Å². The molecule has 1 aliphatic rings. The predicted molar refractivity (Wildman–Crippen MR) is 152 cm³/mol. The van der Waals surface area contributed by atoms with Gasteiger partial charge in [-0.15, -0.1) is 0 Å². The average Bonchev–Trinajstić information content (AvgIpc) is 2.95. The molecular formula is C30H34FN5O3. The molecule has 1 aliphatic heterocycles. The summed E-state index contributed by atoms with van der Waals surface area (Å²) in [5.41, 5.74) is 3.71. The van der Waals surface area contributed by atoms with E-state index in [1.165, 1.54) is 24.3 Å². The SMILES string of the molecule is CCN(CC)C(=O)c1cc(NC(=O)c2cccc(F)c2)ccc1N1CCN(C(=O)Nc2ccc(C)cc2)CC1. The van der Waals surface area contributed by atoms with Crippen molar-refractivity contribution in [2.45, 2.75) is 20.8 Å². The molecule has 3 aromatic carbocycles. The van der Waals surface area contributed by atoms with Gasteiger partial charge in [-0.05, 0) is 69.3 Å². The first kappa shape index (κ1) is 27.6. The number of piperazine rings is 1. The van der Waals surface area contributed by atoms with Gasteiger partial charge in [0, 0.05) is 61.9 Å². The van der Waals surface area contributed by atoms with Gasteiger partial charge in [0.1, 0.15) is 5.82 Å². The van der Waals surface area contributed by atoms with Crippen LogP contribution in [-0.4, -0.2) is 66.9 Å². The maximum atomic E-state index is 13.6. The maximum absolute atomic E-state index is 13.6. The third-order valence-corrected chi connectivity index (χ3v) is 6.83. The van der Waals surface area contributed by atoms with Crippen LogP contribution in [0.4, 0.5) is 26.2 Å². The molecule has 0 saturated carbocycles. The van der Waals surface area contributed by atoms with Crippen LogP contribution in [0.15, 0.2) is 66.7 Å². The molecule has 1 saturated heterocycles. The van der Waals surface area contributed by atoms with Crippen molar-refractivity contribution in [2.24, 2.45) is 0 Å². The Morgan fingerprint density at radius 1 is 0.846 bits per heavy atom. The van der Waals surface area contributed by atoms with Crippen molar-refractivity contribution in [1.82, 2.24) is 9.80 Å². The van der Waals surface area contributed by atoms with Gasteiger partial charge in [0.15, 0.2) is 0 Å². The largest absolute Gasteiger partial charge is 0.367 e. The van der Waals surface area contributed by atoms with E-state index in [2.05, 4.69) is 15.5 Å². The van der Waals surface area contributed by atoms with E-state index in [1.54, 1.807) is 21.9 Å². The Labute approximate surface area is 228 Å².